The number of nitrogens with zero attached hydrogens (tertiary/aromatic N) is 6. The van der Waals surface area contributed by atoms with Gasteiger partial charge in [-0.1, -0.05) is 0 Å². The van der Waals surface area contributed by atoms with E-state index < -0.39 is 12.6 Å². The quantitative estimate of drug-likeness (QED) is 0.523. The molecule has 4 heterocycles. The molecule has 0 saturated carbocycles. The van der Waals surface area contributed by atoms with Crippen LogP contribution in [-0.2, 0) is 0 Å². The Morgan fingerprint density at radius 1 is 1.18 bits per heavy atom. The molecule has 4 rings (SSSR count). The van der Waals surface area contributed by atoms with Gasteiger partial charge in [-0.2, -0.15) is 13.2 Å². The van der Waals surface area contributed by atoms with Crippen molar-refractivity contribution in [2.75, 3.05) is 25.0 Å². The molecule has 176 valence electrons. The van der Waals surface area contributed by atoms with Crippen molar-refractivity contribution in [2.24, 2.45) is 4.99 Å². The number of piperidine rings is 1. The second-order valence-corrected chi connectivity index (χ2v) is 8.63. The van der Waals surface area contributed by atoms with Gasteiger partial charge in [-0.3, -0.25) is 9.98 Å². The van der Waals surface area contributed by atoms with E-state index in [-0.39, 0.29) is 12.6 Å². The average Bonchev–Trinajstić information content (AvgIpc) is 3.17. The minimum atomic E-state index is -4.10. The first kappa shape index (κ1) is 23.2. The standard InChI is InChI=1S/C23H28F3N7/c1-15(2)28-19-4-5-20(29-16(19)3)18-8-12-33-21(18)14-27-22(31-33)30-17-6-10-32(11-7-17)13-9-23(24,25)26/h4-5,8,12,14,17H,6-7,9-11,13H2,1-3H3,(H,30,31). The molecule has 1 aliphatic rings. The predicted octanol–water partition coefficient (Wildman–Crippen LogP) is 5.04. The van der Waals surface area contributed by atoms with Crippen molar-refractivity contribution in [3.63, 3.8) is 0 Å². The van der Waals surface area contributed by atoms with Crippen LogP contribution in [0.1, 0.15) is 38.8 Å². The molecule has 33 heavy (non-hydrogen) atoms. The van der Waals surface area contributed by atoms with Crippen LogP contribution in [-0.4, -0.2) is 62.0 Å². The number of aryl methyl sites for hydroxylation is 1. The smallest absolute Gasteiger partial charge is 0.350 e. The van der Waals surface area contributed by atoms with Gasteiger partial charge in [0.15, 0.2) is 0 Å². The molecule has 0 aromatic carbocycles. The van der Waals surface area contributed by atoms with E-state index in [0.29, 0.717) is 19.0 Å². The van der Waals surface area contributed by atoms with Crippen LogP contribution in [0.2, 0.25) is 0 Å². The second kappa shape index (κ2) is 9.46. The Kier molecular flexibility index (Phi) is 6.64. The topological polar surface area (TPSA) is 70.7 Å². The zero-order valence-electron chi connectivity index (χ0n) is 19.0. The summed E-state index contributed by atoms with van der Waals surface area (Å²) >= 11 is 0. The van der Waals surface area contributed by atoms with Gasteiger partial charge < -0.3 is 10.2 Å². The Hall–Kier alpha value is -3.01. The maximum Gasteiger partial charge on any atom is 0.390 e. The van der Waals surface area contributed by atoms with E-state index in [9.17, 15) is 13.2 Å². The van der Waals surface area contributed by atoms with Gasteiger partial charge in [-0.05, 0) is 51.8 Å². The van der Waals surface area contributed by atoms with E-state index in [1.165, 1.54) is 0 Å². The highest BCUT2D eigenvalue weighted by atomic mass is 19.4. The monoisotopic (exact) mass is 459 g/mol. The molecule has 0 aliphatic carbocycles. The van der Waals surface area contributed by atoms with Gasteiger partial charge in [-0.15, -0.1) is 5.10 Å². The SMILES string of the molecule is CC(C)=Nc1ccc(-c2ccn3nc(NC4CCN(CCC(F)(F)F)CC4)ncc23)nc1C. The van der Waals surface area contributed by atoms with E-state index in [0.717, 1.165) is 46.7 Å². The molecule has 1 fully saturated rings. The van der Waals surface area contributed by atoms with E-state index >= 15 is 0 Å². The molecule has 10 heteroatoms. The summed E-state index contributed by atoms with van der Waals surface area (Å²) in [5.41, 5.74) is 5.30. The van der Waals surface area contributed by atoms with Gasteiger partial charge in [0, 0.05) is 43.1 Å². The first-order chi connectivity index (χ1) is 15.7. The minimum absolute atomic E-state index is 0.0592. The van der Waals surface area contributed by atoms with Crippen molar-refractivity contribution in [2.45, 2.75) is 52.3 Å². The lowest BCUT2D eigenvalue weighted by Gasteiger charge is -2.32. The van der Waals surface area contributed by atoms with Crippen LogP contribution in [0, 0.1) is 6.92 Å². The molecule has 0 amide bonds. The first-order valence-electron chi connectivity index (χ1n) is 11.1. The zero-order valence-corrected chi connectivity index (χ0v) is 19.0. The summed E-state index contributed by atoms with van der Waals surface area (Å²) in [4.78, 5) is 15.5. The molecular weight excluding hydrogens is 431 g/mol. The number of hydrogen-bond acceptors (Lipinski definition) is 6. The van der Waals surface area contributed by atoms with E-state index in [1.54, 1.807) is 10.7 Å². The van der Waals surface area contributed by atoms with Gasteiger partial charge in [0.05, 0.1) is 35.2 Å². The lowest BCUT2D eigenvalue weighted by Crippen LogP contribution is -2.40. The number of rotatable bonds is 6. The van der Waals surface area contributed by atoms with E-state index in [1.807, 2.05) is 50.1 Å². The normalized spacial score (nSPS) is 15.7. The molecule has 7 nitrogen and oxygen atoms in total. The highest BCUT2D eigenvalue weighted by Crippen LogP contribution is 2.27. The summed E-state index contributed by atoms with van der Waals surface area (Å²) in [5.74, 6) is 0.505. The number of anilines is 1. The van der Waals surface area contributed by atoms with Crippen molar-refractivity contribution in [1.82, 2.24) is 24.5 Å². The van der Waals surface area contributed by atoms with E-state index in [4.69, 9.17) is 4.98 Å². The van der Waals surface area contributed by atoms with Crippen LogP contribution in [0.5, 0.6) is 0 Å². The number of pyridine rings is 1. The number of fused-ring (bicyclic) bond motifs is 1. The van der Waals surface area contributed by atoms with Crippen molar-refractivity contribution < 1.29 is 13.2 Å². The van der Waals surface area contributed by atoms with Crippen LogP contribution >= 0.6 is 0 Å². The van der Waals surface area contributed by atoms with Gasteiger partial charge >= 0.3 is 6.18 Å². The number of hydrogen-bond donors (Lipinski definition) is 1. The van der Waals surface area contributed by atoms with E-state index in [2.05, 4.69) is 20.4 Å². The number of alkyl halides is 3. The minimum Gasteiger partial charge on any atom is -0.350 e. The number of halogens is 3. The highest BCUT2D eigenvalue weighted by Gasteiger charge is 2.29. The lowest BCUT2D eigenvalue weighted by atomic mass is 10.1. The fraction of sp³-hybridized carbons (Fsp3) is 0.478. The fourth-order valence-corrected chi connectivity index (χ4v) is 4.01. The summed E-state index contributed by atoms with van der Waals surface area (Å²) < 4.78 is 39.1. The summed E-state index contributed by atoms with van der Waals surface area (Å²) in [6.45, 7) is 7.17. The molecular formula is C23H28F3N7. The third kappa shape index (κ3) is 5.87. The van der Waals surface area contributed by atoms with Crippen LogP contribution in [0.25, 0.3) is 16.8 Å². The molecule has 3 aromatic heterocycles. The van der Waals surface area contributed by atoms with Crippen molar-refractivity contribution >= 4 is 22.9 Å². The molecule has 1 N–H and O–H groups in total. The molecule has 1 saturated heterocycles. The summed E-state index contributed by atoms with van der Waals surface area (Å²) in [6, 6.07) is 6.01. The van der Waals surface area contributed by atoms with Crippen LogP contribution in [0.4, 0.5) is 24.8 Å². The lowest BCUT2D eigenvalue weighted by molar-refractivity contribution is -0.138. The number of likely N-dealkylation sites (tertiary alicyclic amines) is 1. The molecule has 0 bridgehead atoms. The molecule has 0 radical (unpaired) electrons. The van der Waals surface area contributed by atoms with Crippen LogP contribution in [0.3, 0.4) is 0 Å². The van der Waals surface area contributed by atoms with Gasteiger partial charge in [-0.25, -0.2) is 9.50 Å². The fourth-order valence-electron chi connectivity index (χ4n) is 4.01. The summed E-state index contributed by atoms with van der Waals surface area (Å²) in [6.07, 6.45) is 0.284. The Morgan fingerprint density at radius 3 is 2.61 bits per heavy atom. The van der Waals surface area contributed by atoms with Gasteiger partial charge in [0.25, 0.3) is 0 Å². The molecule has 0 atom stereocenters. The zero-order chi connectivity index (χ0) is 23.6. The number of aromatic nitrogens is 4. The predicted molar refractivity (Wildman–Crippen MR) is 123 cm³/mol. The van der Waals surface area contributed by atoms with Gasteiger partial charge in [0.1, 0.15) is 0 Å². The molecule has 0 unspecified atom stereocenters. The Morgan fingerprint density at radius 2 is 1.94 bits per heavy atom. The van der Waals surface area contributed by atoms with Crippen molar-refractivity contribution in [1.29, 1.82) is 0 Å². The van der Waals surface area contributed by atoms with Crippen molar-refractivity contribution in [3.05, 3.63) is 36.3 Å². The van der Waals surface area contributed by atoms with Crippen molar-refractivity contribution in [3.8, 4) is 11.3 Å². The van der Waals surface area contributed by atoms with Crippen LogP contribution in [0.15, 0.2) is 35.6 Å². The first-order valence-corrected chi connectivity index (χ1v) is 11.1. The highest BCUT2D eigenvalue weighted by molar-refractivity contribution is 5.83. The number of aliphatic imine (C=N–C) groups is 1. The molecule has 1 aliphatic heterocycles. The third-order valence-electron chi connectivity index (χ3n) is 5.73. The Bertz CT molecular complexity index is 1140. The van der Waals surface area contributed by atoms with Gasteiger partial charge in [0.2, 0.25) is 5.95 Å². The maximum atomic E-state index is 12.4. The second-order valence-electron chi connectivity index (χ2n) is 8.63. The van der Waals surface area contributed by atoms with Crippen LogP contribution < -0.4 is 5.32 Å². The number of nitrogens with one attached hydrogen (secondary N) is 1. The third-order valence-corrected chi connectivity index (χ3v) is 5.73. The molecule has 3 aromatic rings. The summed E-state index contributed by atoms with van der Waals surface area (Å²) in [5, 5.41) is 7.89. The Balaban J connectivity index is 1.42. The average molecular weight is 460 g/mol. The largest absolute Gasteiger partial charge is 0.390 e. The maximum absolute atomic E-state index is 12.4. The molecule has 0 spiro atoms. The summed E-state index contributed by atoms with van der Waals surface area (Å²) in [7, 11) is 0. The Labute approximate surface area is 190 Å².